The smallest absolute Gasteiger partial charge is 0.322 e. The minimum atomic E-state index is -3.36. The first-order chi connectivity index (χ1) is 8.25. The first kappa shape index (κ1) is 13.3. The quantitative estimate of drug-likeness (QED) is 0.663. The number of amides is 3. The van der Waals surface area contributed by atoms with Crippen LogP contribution in [0.4, 0.5) is 4.79 Å². The molecule has 7 nitrogen and oxygen atoms in total. The minimum absolute atomic E-state index is 0.0264. The topological polar surface area (TPSA) is 95.6 Å². The van der Waals surface area contributed by atoms with Crippen molar-refractivity contribution in [3.05, 3.63) is 0 Å². The van der Waals surface area contributed by atoms with Gasteiger partial charge in [-0.25, -0.2) is 13.2 Å². The van der Waals surface area contributed by atoms with E-state index in [0.717, 1.165) is 0 Å². The number of rotatable bonds is 3. The van der Waals surface area contributed by atoms with Gasteiger partial charge in [0.15, 0.2) is 0 Å². The van der Waals surface area contributed by atoms with E-state index >= 15 is 0 Å². The van der Waals surface area contributed by atoms with Gasteiger partial charge in [-0.15, -0.1) is 0 Å². The Morgan fingerprint density at radius 2 is 2.06 bits per heavy atom. The van der Waals surface area contributed by atoms with Crippen molar-refractivity contribution in [2.24, 2.45) is 5.92 Å². The third kappa shape index (κ3) is 2.22. The molecule has 1 spiro atoms. The van der Waals surface area contributed by atoms with Gasteiger partial charge in [0.05, 0.1) is 5.75 Å². The van der Waals surface area contributed by atoms with E-state index < -0.39 is 27.5 Å². The summed E-state index contributed by atoms with van der Waals surface area (Å²) in [5.74, 6) is -0.355. The predicted molar refractivity (Wildman–Crippen MR) is 64.2 cm³/mol. The molecule has 0 radical (unpaired) electrons. The second-order valence-corrected chi connectivity index (χ2v) is 7.26. The van der Waals surface area contributed by atoms with Gasteiger partial charge < -0.3 is 5.32 Å². The van der Waals surface area contributed by atoms with Gasteiger partial charge in [0.25, 0.3) is 5.91 Å². The molecule has 2 aliphatic heterocycles. The summed E-state index contributed by atoms with van der Waals surface area (Å²) in [5.41, 5.74) is -1.07. The Balaban J connectivity index is 2.14. The van der Waals surface area contributed by atoms with E-state index in [1.54, 1.807) is 0 Å². The van der Waals surface area contributed by atoms with Crippen LogP contribution in [0.15, 0.2) is 0 Å². The number of carbonyl (C=O) groups excluding carboxylic acids is 2. The molecule has 18 heavy (non-hydrogen) atoms. The Labute approximate surface area is 106 Å². The van der Waals surface area contributed by atoms with Crippen LogP contribution in [0.3, 0.4) is 0 Å². The minimum Gasteiger partial charge on any atom is -0.322 e. The van der Waals surface area contributed by atoms with Gasteiger partial charge in [-0.3, -0.25) is 10.1 Å². The largest absolute Gasteiger partial charge is 0.322 e. The molecule has 0 bridgehead atoms. The summed E-state index contributed by atoms with van der Waals surface area (Å²) in [6.45, 7) is 3.95. The summed E-state index contributed by atoms with van der Waals surface area (Å²) in [6.07, 6.45) is 0.321. The van der Waals surface area contributed by atoms with Gasteiger partial charge in [-0.05, 0) is 12.3 Å². The predicted octanol–water partition coefficient (Wildman–Crippen LogP) is -0.744. The van der Waals surface area contributed by atoms with Crippen LogP contribution in [0, 0.1) is 5.92 Å². The van der Waals surface area contributed by atoms with Crippen LogP contribution in [0.1, 0.15) is 20.3 Å². The first-order valence-electron chi connectivity index (χ1n) is 5.87. The Bertz CT molecular complexity index is 487. The zero-order chi connectivity index (χ0) is 13.6. The molecular formula is C10H17N3O4S. The zero-order valence-electron chi connectivity index (χ0n) is 10.4. The molecule has 1 unspecified atom stereocenters. The monoisotopic (exact) mass is 275 g/mol. The average molecular weight is 275 g/mol. The highest BCUT2D eigenvalue weighted by Gasteiger charge is 2.52. The van der Waals surface area contributed by atoms with Crippen molar-refractivity contribution in [3.8, 4) is 0 Å². The lowest BCUT2D eigenvalue weighted by atomic mass is 10.00. The van der Waals surface area contributed by atoms with E-state index in [2.05, 4.69) is 10.6 Å². The maximum atomic E-state index is 12.1. The normalized spacial score (nSPS) is 29.1. The molecule has 0 aromatic rings. The number of hydrogen-bond donors (Lipinski definition) is 2. The molecule has 1 atom stereocenters. The fourth-order valence-corrected chi connectivity index (χ4v) is 4.19. The number of nitrogens with one attached hydrogen (secondary N) is 2. The van der Waals surface area contributed by atoms with Crippen molar-refractivity contribution in [1.82, 2.24) is 14.9 Å². The molecule has 2 fully saturated rings. The van der Waals surface area contributed by atoms with Gasteiger partial charge >= 0.3 is 6.03 Å². The molecule has 0 aliphatic carbocycles. The highest BCUT2D eigenvalue weighted by molar-refractivity contribution is 7.89. The van der Waals surface area contributed by atoms with E-state index in [4.69, 9.17) is 0 Å². The van der Waals surface area contributed by atoms with Crippen LogP contribution in [-0.2, 0) is 14.8 Å². The second-order valence-electron chi connectivity index (χ2n) is 5.25. The van der Waals surface area contributed by atoms with Crippen LogP contribution >= 0.6 is 0 Å². The number of nitrogens with zero attached hydrogens (tertiary/aromatic N) is 1. The summed E-state index contributed by atoms with van der Waals surface area (Å²) in [5, 5.41) is 4.68. The van der Waals surface area contributed by atoms with Crippen LogP contribution < -0.4 is 10.6 Å². The molecule has 2 heterocycles. The fraction of sp³-hybridized carbons (Fsp3) is 0.800. The Kier molecular flexibility index (Phi) is 3.10. The van der Waals surface area contributed by atoms with Crippen molar-refractivity contribution < 1.29 is 18.0 Å². The summed E-state index contributed by atoms with van der Waals surface area (Å²) in [7, 11) is -3.36. The summed E-state index contributed by atoms with van der Waals surface area (Å²) < 4.78 is 25.4. The maximum Gasteiger partial charge on any atom is 0.322 e. The van der Waals surface area contributed by atoms with Crippen LogP contribution in [0.2, 0.25) is 0 Å². The van der Waals surface area contributed by atoms with Crippen molar-refractivity contribution in [1.29, 1.82) is 0 Å². The maximum absolute atomic E-state index is 12.1. The number of urea groups is 1. The van der Waals surface area contributed by atoms with Crippen molar-refractivity contribution in [2.75, 3.05) is 18.8 Å². The van der Waals surface area contributed by atoms with Gasteiger partial charge in [0.1, 0.15) is 5.54 Å². The summed E-state index contributed by atoms with van der Waals surface area (Å²) in [6, 6.07) is -0.553. The van der Waals surface area contributed by atoms with Crippen LogP contribution in [-0.4, -0.2) is 49.0 Å². The van der Waals surface area contributed by atoms with E-state index in [9.17, 15) is 18.0 Å². The molecule has 2 rings (SSSR count). The number of imide groups is 1. The molecule has 8 heteroatoms. The third-order valence-electron chi connectivity index (χ3n) is 3.19. The second kappa shape index (κ2) is 4.20. The Morgan fingerprint density at radius 3 is 2.56 bits per heavy atom. The third-order valence-corrected chi connectivity index (χ3v) is 5.37. The van der Waals surface area contributed by atoms with E-state index in [1.165, 1.54) is 4.31 Å². The summed E-state index contributed by atoms with van der Waals surface area (Å²) >= 11 is 0. The van der Waals surface area contributed by atoms with Crippen molar-refractivity contribution >= 4 is 22.0 Å². The van der Waals surface area contributed by atoms with E-state index in [-0.39, 0.29) is 24.8 Å². The van der Waals surface area contributed by atoms with Gasteiger partial charge in [0.2, 0.25) is 10.0 Å². The molecule has 3 amide bonds. The number of carbonyl (C=O) groups is 2. The lowest BCUT2D eigenvalue weighted by molar-refractivity contribution is -0.123. The lowest BCUT2D eigenvalue weighted by Crippen LogP contribution is -2.49. The van der Waals surface area contributed by atoms with Crippen molar-refractivity contribution in [3.63, 3.8) is 0 Å². The van der Waals surface area contributed by atoms with Gasteiger partial charge in [0, 0.05) is 13.1 Å². The molecule has 0 aromatic heterocycles. The van der Waals surface area contributed by atoms with Gasteiger partial charge in [-0.1, -0.05) is 13.8 Å². The molecule has 102 valence electrons. The zero-order valence-corrected chi connectivity index (χ0v) is 11.2. The molecule has 2 N–H and O–H groups in total. The molecule has 2 saturated heterocycles. The first-order valence-corrected chi connectivity index (χ1v) is 7.47. The van der Waals surface area contributed by atoms with Crippen LogP contribution in [0.5, 0.6) is 0 Å². The fourth-order valence-electron chi connectivity index (χ4n) is 2.35. The molecule has 2 aliphatic rings. The average Bonchev–Trinajstić information content (AvgIpc) is 2.71. The number of sulfonamides is 1. The highest BCUT2D eigenvalue weighted by atomic mass is 32.2. The van der Waals surface area contributed by atoms with Crippen LogP contribution in [0.25, 0.3) is 0 Å². The molecule has 0 saturated carbocycles. The lowest BCUT2D eigenvalue weighted by Gasteiger charge is -2.21. The Morgan fingerprint density at radius 1 is 1.39 bits per heavy atom. The Hall–Kier alpha value is -1.15. The van der Waals surface area contributed by atoms with E-state index in [1.807, 2.05) is 13.8 Å². The van der Waals surface area contributed by atoms with Gasteiger partial charge in [-0.2, -0.15) is 4.31 Å². The number of hydrogen-bond acceptors (Lipinski definition) is 4. The standard InChI is InChI=1S/C10H17N3O4S/c1-7(2)5-18(16,17)13-4-3-10(6-13)8(14)11-9(15)12-10/h7H,3-6H2,1-2H3,(H2,11,12,14,15). The molecular weight excluding hydrogens is 258 g/mol. The SMILES string of the molecule is CC(C)CS(=O)(=O)N1CCC2(C1)NC(=O)NC2=O. The van der Waals surface area contributed by atoms with Crippen molar-refractivity contribution in [2.45, 2.75) is 25.8 Å². The van der Waals surface area contributed by atoms with E-state index in [0.29, 0.717) is 6.42 Å². The molecule has 0 aromatic carbocycles. The highest BCUT2D eigenvalue weighted by Crippen LogP contribution is 2.27. The summed E-state index contributed by atoms with van der Waals surface area (Å²) in [4.78, 5) is 22.8.